The lowest BCUT2D eigenvalue weighted by molar-refractivity contribution is -0.143. The van der Waals surface area contributed by atoms with E-state index in [9.17, 15) is 26.3 Å². The molecule has 8 heteroatoms. The lowest BCUT2D eigenvalue weighted by Crippen LogP contribution is -2.54. The summed E-state index contributed by atoms with van der Waals surface area (Å²) >= 11 is 0. The van der Waals surface area contributed by atoms with Crippen LogP contribution in [-0.4, -0.2) is 30.1 Å². The minimum absolute atomic E-state index is 0.0211. The van der Waals surface area contributed by atoms with Gasteiger partial charge < -0.3 is 5.32 Å². The van der Waals surface area contributed by atoms with Crippen LogP contribution in [0.25, 0.3) is 0 Å². The number of halogens is 6. The molecule has 23 heavy (non-hydrogen) atoms. The molecule has 0 spiro atoms. The highest BCUT2D eigenvalue weighted by atomic mass is 19.4. The molecule has 1 N–H and O–H groups in total. The quantitative estimate of drug-likeness (QED) is 0.822. The number of hydrogen-bond acceptors (Lipinski definition) is 2. The maximum absolute atomic E-state index is 12.9. The average molecular weight is 340 g/mol. The van der Waals surface area contributed by atoms with Crippen molar-refractivity contribution in [1.82, 2.24) is 10.2 Å². The van der Waals surface area contributed by atoms with Crippen LogP contribution >= 0.6 is 0 Å². The molecule has 0 unspecified atom stereocenters. The van der Waals surface area contributed by atoms with Crippen LogP contribution in [0.4, 0.5) is 26.3 Å². The van der Waals surface area contributed by atoms with Crippen molar-refractivity contribution in [1.29, 1.82) is 0 Å². The Morgan fingerprint density at radius 2 is 1.35 bits per heavy atom. The standard InChI is InChI=1S/C15H18F6N2/c1-9-6-22-7-10(2)23(9)8-11-3-12(14(16,17)18)5-13(4-11)15(19,20)21/h3-5,9-10,22H,6-8H2,1-2H3/t9-,10+. The van der Waals surface area contributed by atoms with Crippen molar-refractivity contribution in [2.75, 3.05) is 13.1 Å². The smallest absolute Gasteiger partial charge is 0.314 e. The largest absolute Gasteiger partial charge is 0.416 e. The number of benzene rings is 1. The Balaban J connectivity index is 2.37. The van der Waals surface area contributed by atoms with Gasteiger partial charge in [0.25, 0.3) is 0 Å². The number of nitrogens with zero attached hydrogens (tertiary/aromatic N) is 1. The minimum atomic E-state index is -4.81. The molecule has 0 bridgehead atoms. The van der Waals surface area contributed by atoms with Crippen molar-refractivity contribution in [3.8, 4) is 0 Å². The lowest BCUT2D eigenvalue weighted by Gasteiger charge is -2.39. The number of piperazine rings is 1. The van der Waals surface area contributed by atoms with E-state index in [1.54, 1.807) is 0 Å². The summed E-state index contributed by atoms with van der Waals surface area (Å²) in [6.07, 6.45) is -9.62. The summed E-state index contributed by atoms with van der Waals surface area (Å²) in [5.41, 5.74) is -2.51. The molecule has 1 aromatic rings. The second-order valence-corrected chi connectivity index (χ2v) is 5.94. The molecular formula is C15H18F6N2. The van der Waals surface area contributed by atoms with Crippen molar-refractivity contribution in [2.45, 2.75) is 44.8 Å². The summed E-state index contributed by atoms with van der Waals surface area (Å²) in [5.74, 6) is 0. The molecular weight excluding hydrogens is 322 g/mol. The zero-order valence-electron chi connectivity index (χ0n) is 12.7. The van der Waals surface area contributed by atoms with Gasteiger partial charge in [-0.2, -0.15) is 26.3 Å². The fourth-order valence-corrected chi connectivity index (χ4v) is 2.80. The molecule has 1 saturated heterocycles. The highest BCUT2D eigenvalue weighted by molar-refractivity contribution is 5.33. The van der Waals surface area contributed by atoms with Crippen LogP contribution in [-0.2, 0) is 18.9 Å². The molecule has 1 aliphatic heterocycles. The third kappa shape index (κ3) is 4.38. The predicted molar refractivity (Wildman–Crippen MR) is 73.8 cm³/mol. The van der Waals surface area contributed by atoms with Gasteiger partial charge in [0.05, 0.1) is 11.1 Å². The zero-order valence-corrected chi connectivity index (χ0v) is 12.7. The number of nitrogens with one attached hydrogen (secondary N) is 1. The van der Waals surface area contributed by atoms with Gasteiger partial charge in [-0.15, -0.1) is 0 Å². The second kappa shape index (κ2) is 6.32. The molecule has 1 fully saturated rings. The normalized spacial score (nSPS) is 24.0. The predicted octanol–water partition coefficient (Wildman–Crippen LogP) is 3.91. The number of rotatable bonds is 2. The molecule has 0 saturated carbocycles. The first kappa shape index (κ1) is 18.1. The number of alkyl halides is 6. The van der Waals surface area contributed by atoms with Gasteiger partial charge in [-0.3, -0.25) is 4.90 Å². The summed E-state index contributed by atoms with van der Waals surface area (Å²) in [7, 11) is 0. The summed E-state index contributed by atoms with van der Waals surface area (Å²) in [5, 5.41) is 3.17. The lowest BCUT2D eigenvalue weighted by atomic mass is 10.0. The van der Waals surface area contributed by atoms with Crippen molar-refractivity contribution in [2.24, 2.45) is 0 Å². The van der Waals surface area contributed by atoms with Gasteiger partial charge >= 0.3 is 12.4 Å². The molecule has 2 nitrogen and oxygen atoms in total. The highest BCUT2D eigenvalue weighted by Gasteiger charge is 2.37. The third-order valence-corrected chi connectivity index (χ3v) is 4.02. The van der Waals surface area contributed by atoms with Gasteiger partial charge in [-0.25, -0.2) is 0 Å². The minimum Gasteiger partial charge on any atom is -0.314 e. The van der Waals surface area contributed by atoms with Crippen molar-refractivity contribution in [3.05, 3.63) is 34.9 Å². The van der Waals surface area contributed by atoms with Gasteiger partial charge in [0, 0.05) is 31.7 Å². The third-order valence-electron chi connectivity index (χ3n) is 4.02. The van der Waals surface area contributed by atoms with Gasteiger partial charge in [0.2, 0.25) is 0 Å². The van der Waals surface area contributed by atoms with E-state index >= 15 is 0 Å². The Morgan fingerprint density at radius 1 is 0.913 bits per heavy atom. The molecule has 0 radical (unpaired) electrons. The first-order valence-electron chi connectivity index (χ1n) is 7.23. The topological polar surface area (TPSA) is 15.3 Å². The van der Waals surface area contributed by atoms with Crippen LogP contribution < -0.4 is 5.32 Å². The Hall–Kier alpha value is -1.28. The first-order valence-corrected chi connectivity index (χ1v) is 7.23. The van der Waals surface area contributed by atoms with E-state index in [-0.39, 0.29) is 30.3 Å². The summed E-state index contributed by atoms with van der Waals surface area (Å²) in [6, 6.07) is 1.83. The van der Waals surface area contributed by atoms with E-state index < -0.39 is 23.5 Å². The van der Waals surface area contributed by atoms with E-state index in [2.05, 4.69) is 5.32 Å². The van der Waals surface area contributed by atoms with E-state index in [4.69, 9.17) is 0 Å². The molecule has 0 aliphatic carbocycles. The Morgan fingerprint density at radius 3 is 1.74 bits per heavy atom. The Kier molecular flexibility index (Phi) is 4.96. The maximum atomic E-state index is 12.9. The fourth-order valence-electron chi connectivity index (χ4n) is 2.80. The SMILES string of the molecule is C[C@@H]1CNC[C@H](C)N1Cc1cc(C(F)(F)F)cc(C(F)(F)F)c1. The van der Waals surface area contributed by atoms with E-state index in [0.29, 0.717) is 13.1 Å². The first-order chi connectivity index (χ1) is 10.5. The van der Waals surface area contributed by atoms with Crippen LogP contribution in [0.15, 0.2) is 18.2 Å². The summed E-state index contributed by atoms with van der Waals surface area (Å²) in [4.78, 5) is 1.91. The summed E-state index contributed by atoms with van der Waals surface area (Å²) in [6.45, 7) is 5.13. The van der Waals surface area contributed by atoms with Crippen LogP contribution in [0.2, 0.25) is 0 Å². The van der Waals surface area contributed by atoms with E-state index in [1.807, 2.05) is 18.7 Å². The van der Waals surface area contributed by atoms with Gasteiger partial charge in [-0.1, -0.05) is 0 Å². The molecule has 2 rings (SSSR count). The Labute approximate surface area is 130 Å². The monoisotopic (exact) mass is 340 g/mol. The average Bonchev–Trinajstić information content (AvgIpc) is 2.41. The highest BCUT2D eigenvalue weighted by Crippen LogP contribution is 2.36. The van der Waals surface area contributed by atoms with Gasteiger partial charge in [-0.05, 0) is 37.6 Å². The summed E-state index contributed by atoms with van der Waals surface area (Å²) < 4.78 is 77.3. The van der Waals surface area contributed by atoms with Crippen LogP contribution in [0.1, 0.15) is 30.5 Å². The zero-order chi connectivity index (χ0) is 17.4. The molecule has 1 aliphatic rings. The molecule has 0 amide bonds. The van der Waals surface area contributed by atoms with Gasteiger partial charge in [0.1, 0.15) is 0 Å². The van der Waals surface area contributed by atoms with Gasteiger partial charge in [0.15, 0.2) is 0 Å². The molecule has 0 aromatic heterocycles. The second-order valence-electron chi connectivity index (χ2n) is 5.94. The molecule has 2 atom stereocenters. The van der Waals surface area contributed by atoms with Crippen molar-refractivity contribution < 1.29 is 26.3 Å². The van der Waals surface area contributed by atoms with Crippen LogP contribution in [0.5, 0.6) is 0 Å². The van der Waals surface area contributed by atoms with E-state index in [1.165, 1.54) is 0 Å². The number of hydrogen-bond donors (Lipinski definition) is 1. The Bertz CT molecular complexity index is 510. The maximum Gasteiger partial charge on any atom is 0.416 e. The van der Waals surface area contributed by atoms with E-state index in [0.717, 1.165) is 12.1 Å². The molecule has 1 heterocycles. The van der Waals surface area contributed by atoms with Crippen LogP contribution in [0.3, 0.4) is 0 Å². The molecule has 130 valence electrons. The van der Waals surface area contributed by atoms with Crippen molar-refractivity contribution in [3.63, 3.8) is 0 Å². The molecule has 1 aromatic carbocycles. The fraction of sp³-hybridized carbons (Fsp3) is 0.600. The van der Waals surface area contributed by atoms with Crippen molar-refractivity contribution >= 4 is 0 Å². The van der Waals surface area contributed by atoms with Crippen LogP contribution in [0, 0.1) is 0 Å².